The maximum absolute atomic E-state index is 12.4. The second-order valence-corrected chi connectivity index (χ2v) is 10.5. The van der Waals surface area contributed by atoms with E-state index in [1.54, 1.807) is 23.5 Å². The summed E-state index contributed by atoms with van der Waals surface area (Å²) in [5.74, 6) is -0.263. The lowest BCUT2D eigenvalue weighted by molar-refractivity contribution is -0.117. The van der Waals surface area contributed by atoms with Gasteiger partial charge in [-0.15, -0.1) is 0 Å². The smallest absolute Gasteiger partial charge is 0.224 e. The van der Waals surface area contributed by atoms with Crippen molar-refractivity contribution in [2.24, 2.45) is 0 Å². The van der Waals surface area contributed by atoms with Crippen LogP contribution < -0.4 is 22.1 Å². The molecule has 0 aliphatic rings. The molecule has 6 nitrogen and oxygen atoms in total. The quantitative estimate of drug-likeness (QED) is 0.167. The zero-order valence-corrected chi connectivity index (χ0v) is 21.8. The normalized spacial score (nSPS) is 10.6. The molecule has 4 rings (SSSR count). The Morgan fingerprint density at radius 2 is 1.03 bits per heavy atom. The molecule has 4 aromatic carbocycles. The summed E-state index contributed by atoms with van der Waals surface area (Å²) in [4.78, 5) is 28.8. The number of hydrogen-bond acceptors (Lipinski definition) is 6. The van der Waals surface area contributed by atoms with Crippen molar-refractivity contribution in [2.75, 3.05) is 22.1 Å². The first-order valence-corrected chi connectivity index (χ1v) is 13.4. The first-order chi connectivity index (χ1) is 18.0. The van der Waals surface area contributed by atoms with Crippen molar-refractivity contribution in [3.63, 3.8) is 0 Å². The first kappa shape index (κ1) is 26.2. The molecule has 2 amide bonds. The molecule has 0 bridgehead atoms. The Morgan fingerprint density at radius 3 is 1.46 bits per heavy atom. The summed E-state index contributed by atoms with van der Waals surface area (Å²) in [5.41, 5.74) is 14.9. The van der Waals surface area contributed by atoms with Gasteiger partial charge in [0, 0.05) is 55.2 Å². The maximum atomic E-state index is 12.4. The van der Waals surface area contributed by atoms with E-state index >= 15 is 0 Å². The molecule has 0 aromatic heterocycles. The van der Waals surface area contributed by atoms with Gasteiger partial charge in [-0.2, -0.15) is 0 Å². The number of rotatable bonds is 10. The predicted octanol–water partition coefficient (Wildman–Crippen LogP) is 6.90. The van der Waals surface area contributed by atoms with Crippen LogP contribution in [0.15, 0.2) is 117 Å². The summed E-state index contributed by atoms with van der Waals surface area (Å²) in [7, 11) is 0. The van der Waals surface area contributed by atoms with Gasteiger partial charge in [-0.3, -0.25) is 9.59 Å². The summed E-state index contributed by atoms with van der Waals surface area (Å²) < 4.78 is 0. The zero-order chi connectivity index (χ0) is 26.0. The molecule has 0 spiro atoms. The molecule has 37 heavy (non-hydrogen) atoms. The van der Waals surface area contributed by atoms with Gasteiger partial charge in [-0.1, -0.05) is 59.9 Å². The number of nitrogens with two attached hydrogens (primary N) is 2. The number of nitrogen functional groups attached to an aromatic ring is 2. The largest absolute Gasteiger partial charge is 0.398 e. The lowest BCUT2D eigenvalue weighted by atomic mass is 10.2. The van der Waals surface area contributed by atoms with Gasteiger partial charge < -0.3 is 22.1 Å². The Bertz CT molecular complexity index is 1290. The van der Waals surface area contributed by atoms with Gasteiger partial charge in [-0.05, 0) is 67.1 Å². The van der Waals surface area contributed by atoms with Crippen LogP contribution in [0.3, 0.4) is 0 Å². The van der Waals surface area contributed by atoms with E-state index in [2.05, 4.69) is 10.6 Å². The average molecular weight is 529 g/mol. The standard InChI is InChI=1S/C29H28N4O2S2/c30-24-12-1-3-14-26(24)36-22-10-5-8-20(18-22)32-28(34)16-7-17-29(35)33-21-9-6-11-23(19-21)37-27-15-4-2-13-25(27)31/h1-6,8-15,18-19H,7,16-17,30-31H2,(H,32,34)(H,33,35). The van der Waals surface area contributed by atoms with Crippen molar-refractivity contribution < 1.29 is 9.59 Å². The van der Waals surface area contributed by atoms with Crippen LogP contribution in [0.5, 0.6) is 0 Å². The minimum Gasteiger partial charge on any atom is -0.398 e. The van der Waals surface area contributed by atoms with Gasteiger partial charge >= 0.3 is 0 Å². The third kappa shape index (κ3) is 8.06. The number of amides is 2. The molecule has 6 N–H and O–H groups in total. The van der Waals surface area contributed by atoms with Gasteiger partial charge in [0.1, 0.15) is 0 Å². The van der Waals surface area contributed by atoms with Crippen LogP contribution in [-0.4, -0.2) is 11.8 Å². The van der Waals surface area contributed by atoms with Crippen molar-refractivity contribution in [2.45, 2.75) is 38.8 Å². The second kappa shape index (κ2) is 12.9. The molecular weight excluding hydrogens is 500 g/mol. The first-order valence-electron chi connectivity index (χ1n) is 11.8. The van der Waals surface area contributed by atoms with Gasteiger partial charge in [0.15, 0.2) is 0 Å². The molecule has 0 saturated carbocycles. The summed E-state index contributed by atoms with van der Waals surface area (Å²) in [6.07, 6.45) is 0.945. The molecule has 0 fully saturated rings. The Kier molecular flexibility index (Phi) is 9.13. The molecule has 4 aromatic rings. The Morgan fingerprint density at radius 1 is 0.595 bits per heavy atom. The summed E-state index contributed by atoms with van der Waals surface area (Å²) in [6, 6.07) is 30.6. The number of anilines is 4. The Balaban J connectivity index is 1.23. The maximum Gasteiger partial charge on any atom is 0.224 e. The van der Waals surface area contributed by atoms with Gasteiger partial charge in [-0.25, -0.2) is 0 Å². The van der Waals surface area contributed by atoms with Crippen molar-refractivity contribution in [3.05, 3.63) is 97.1 Å². The van der Waals surface area contributed by atoms with E-state index in [0.29, 0.717) is 29.2 Å². The fourth-order valence-electron chi connectivity index (χ4n) is 3.53. The van der Waals surface area contributed by atoms with Crippen LogP contribution >= 0.6 is 23.5 Å². The van der Waals surface area contributed by atoms with Crippen molar-refractivity contribution in [1.82, 2.24) is 0 Å². The number of benzene rings is 4. The minimum absolute atomic E-state index is 0.131. The number of para-hydroxylation sites is 2. The minimum atomic E-state index is -0.131. The van der Waals surface area contributed by atoms with E-state index in [1.165, 1.54) is 0 Å². The lowest BCUT2D eigenvalue weighted by Gasteiger charge is -2.10. The number of hydrogen-bond donors (Lipinski definition) is 4. The fraction of sp³-hybridized carbons (Fsp3) is 0.103. The highest BCUT2D eigenvalue weighted by Crippen LogP contribution is 2.34. The summed E-state index contributed by atoms with van der Waals surface area (Å²) >= 11 is 3.09. The molecule has 0 atom stereocenters. The van der Waals surface area contributed by atoms with Crippen LogP contribution in [0.1, 0.15) is 19.3 Å². The van der Waals surface area contributed by atoms with Crippen LogP contribution in [0.4, 0.5) is 22.7 Å². The van der Waals surface area contributed by atoms with Crippen molar-refractivity contribution in [1.29, 1.82) is 0 Å². The van der Waals surface area contributed by atoms with E-state index in [-0.39, 0.29) is 24.7 Å². The third-order valence-corrected chi connectivity index (χ3v) is 7.50. The van der Waals surface area contributed by atoms with Crippen LogP contribution in [0, 0.1) is 0 Å². The predicted molar refractivity (Wildman–Crippen MR) is 154 cm³/mol. The number of carbonyl (C=O) groups is 2. The fourth-order valence-corrected chi connectivity index (χ4v) is 5.37. The van der Waals surface area contributed by atoms with E-state index in [4.69, 9.17) is 11.5 Å². The summed E-state index contributed by atoms with van der Waals surface area (Å²) in [5, 5.41) is 5.83. The molecule has 0 radical (unpaired) electrons. The molecule has 8 heteroatoms. The molecule has 0 unspecified atom stereocenters. The van der Waals surface area contributed by atoms with Crippen LogP contribution in [-0.2, 0) is 9.59 Å². The Hall–Kier alpha value is -3.88. The van der Waals surface area contributed by atoms with Crippen LogP contribution in [0.2, 0.25) is 0 Å². The second-order valence-electron chi connectivity index (χ2n) is 8.29. The molecular formula is C29H28N4O2S2. The molecule has 0 aliphatic carbocycles. The third-order valence-electron chi connectivity index (χ3n) is 5.34. The molecule has 188 valence electrons. The number of carbonyl (C=O) groups excluding carboxylic acids is 2. The molecule has 0 heterocycles. The van der Waals surface area contributed by atoms with Gasteiger partial charge in [0.25, 0.3) is 0 Å². The van der Waals surface area contributed by atoms with Crippen molar-refractivity contribution >= 4 is 58.1 Å². The van der Waals surface area contributed by atoms with E-state index in [0.717, 1.165) is 19.6 Å². The van der Waals surface area contributed by atoms with E-state index < -0.39 is 0 Å². The van der Waals surface area contributed by atoms with Gasteiger partial charge in [0.2, 0.25) is 11.8 Å². The lowest BCUT2D eigenvalue weighted by Crippen LogP contribution is -2.14. The van der Waals surface area contributed by atoms with E-state index in [9.17, 15) is 9.59 Å². The highest BCUT2D eigenvalue weighted by molar-refractivity contribution is 7.99. The highest BCUT2D eigenvalue weighted by Gasteiger charge is 2.09. The molecule has 0 aliphatic heterocycles. The summed E-state index contributed by atoms with van der Waals surface area (Å²) in [6.45, 7) is 0. The monoisotopic (exact) mass is 528 g/mol. The SMILES string of the molecule is Nc1ccccc1Sc1cccc(NC(=O)CCCC(=O)Nc2cccc(Sc3ccccc3N)c2)c1. The highest BCUT2D eigenvalue weighted by atomic mass is 32.2. The van der Waals surface area contributed by atoms with Gasteiger partial charge in [0.05, 0.1) is 0 Å². The topological polar surface area (TPSA) is 110 Å². The molecule has 0 saturated heterocycles. The van der Waals surface area contributed by atoms with E-state index in [1.807, 2.05) is 97.1 Å². The number of nitrogens with one attached hydrogen (secondary N) is 2. The van der Waals surface area contributed by atoms with Crippen LogP contribution in [0.25, 0.3) is 0 Å². The Labute approximate surface area is 225 Å². The zero-order valence-electron chi connectivity index (χ0n) is 20.1. The van der Waals surface area contributed by atoms with Crippen molar-refractivity contribution in [3.8, 4) is 0 Å². The average Bonchev–Trinajstić information content (AvgIpc) is 2.87.